The zero-order valence-corrected chi connectivity index (χ0v) is 13.7. The molecular weight excluding hydrogens is 401 g/mol. The predicted octanol–water partition coefficient (Wildman–Crippen LogP) is 3.59. The molecule has 0 fully saturated rings. The summed E-state index contributed by atoms with van der Waals surface area (Å²) in [6, 6.07) is 8.45. The Balaban J connectivity index is 2.08. The Kier molecular flexibility index (Phi) is 5.15. The Labute approximate surface area is 138 Å². The number of nitrogens with one attached hydrogen (secondary N) is 1. The summed E-state index contributed by atoms with van der Waals surface area (Å²) >= 11 is 3.17. The van der Waals surface area contributed by atoms with Crippen molar-refractivity contribution in [3.8, 4) is 5.88 Å². The highest BCUT2D eigenvalue weighted by Crippen LogP contribution is 2.21. The first-order valence-electron chi connectivity index (χ1n) is 6.10. The van der Waals surface area contributed by atoms with Crippen LogP contribution in [0.5, 0.6) is 5.88 Å². The summed E-state index contributed by atoms with van der Waals surface area (Å²) in [7, 11) is -3.83. The van der Waals surface area contributed by atoms with Crippen LogP contribution in [-0.2, 0) is 10.0 Å². The molecule has 10 heteroatoms. The Morgan fingerprint density at radius 2 is 1.96 bits per heavy atom. The first kappa shape index (κ1) is 17.5. The molecule has 0 bridgehead atoms. The van der Waals surface area contributed by atoms with Crippen LogP contribution < -0.4 is 9.46 Å². The van der Waals surface area contributed by atoms with E-state index in [1.165, 1.54) is 18.2 Å². The Morgan fingerprint density at radius 3 is 2.52 bits per heavy atom. The van der Waals surface area contributed by atoms with Gasteiger partial charge in [0.2, 0.25) is 5.88 Å². The molecule has 0 spiro atoms. The van der Waals surface area contributed by atoms with E-state index in [1.54, 1.807) is 12.1 Å². The van der Waals surface area contributed by atoms with Crippen LogP contribution in [0.1, 0.15) is 0 Å². The second kappa shape index (κ2) is 6.75. The number of anilines is 1. The number of nitrogens with zero attached hydrogens (tertiary/aromatic N) is 1. The van der Waals surface area contributed by atoms with Crippen molar-refractivity contribution in [1.82, 2.24) is 4.98 Å². The van der Waals surface area contributed by atoms with Gasteiger partial charge in [0, 0.05) is 10.5 Å². The molecule has 2 aromatic rings. The average Bonchev–Trinajstić information content (AvgIpc) is 2.45. The van der Waals surface area contributed by atoms with Gasteiger partial charge in [-0.2, -0.15) is 13.2 Å². The van der Waals surface area contributed by atoms with Crippen LogP contribution in [-0.4, -0.2) is 26.2 Å². The zero-order valence-electron chi connectivity index (χ0n) is 11.3. The Bertz CT molecular complexity index is 780. The van der Waals surface area contributed by atoms with Gasteiger partial charge in [-0.05, 0) is 24.3 Å². The molecule has 23 heavy (non-hydrogen) atoms. The number of rotatable bonds is 5. The van der Waals surface area contributed by atoms with Crippen LogP contribution in [0, 0.1) is 0 Å². The summed E-state index contributed by atoms with van der Waals surface area (Å²) in [6.07, 6.45) is -3.40. The normalized spacial score (nSPS) is 12.0. The maximum absolute atomic E-state index is 12.2. The molecule has 5 nitrogen and oxygen atoms in total. The second-order valence-corrected chi connectivity index (χ2v) is 6.95. The van der Waals surface area contributed by atoms with Gasteiger partial charge in [0.05, 0.1) is 16.8 Å². The fraction of sp³-hybridized carbons (Fsp3) is 0.154. The number of aromatic nitrogens is 1. The molecule has 0 saturated carbocycles. The van der Waals surface area contributed by atoms with Crippen LogP contribution in [0.15, 0.2) is 52.0 Å². The van der Waals surface area contributed by atoms with Crippen LogP contribution in [0.4, 0.5) is 18.9 Å². The summed E-state index contributed by atoms with van der Waals surface area (Å²) in [6.45, 7) is -1.47. The summed E-state index contributed by atoms with van der Waals surface area (Å²) in [5, 5.41) is 0. The lowest BCUT2D eigenvalue weighted by Gasteiger charge is -2.10. The van der Waals surface area contributed by atoms with Gasteiger partial charge in [0.1, 0.15) is 0 Å². The maximum Gasteiger partial charge on any atom is 0.422 e. The fourth-order valence-electron chi connectivity index (χ4n) is 1.53. The molecule has 0 radical (unpaired) electrons. The quantitative estimate of drug-likeness (QED) is 0.817. The van der Waals surface area contributed by atoms with E-state index in [4.69, 9.17) is 0 Å². The van der Waals surface area contributed by atoms with Crippen LogP contribution in [0.3, 0.4) is 0 Å². The SMILES string of the molecule is O=S(=O)(Nc1ccc(OCC(F)(F)F)nc1)c1cccc(Br)c1. The minimum atomic E-state index is -4.47. The number of hydrogen-bond donors (Lipinski definition) is 1. The molecule has 0 aliphatic rings. The van der Waals surface area contributed by atoms with E-state index in [9.17, 15) is 21.6 Å². The molecule has 0 aliphatic heterocycles. The van der Waals surface area contributed by atoms with E-state index >= 15 is 0 Å². The molecule has 2 rings (SSSR count). The zero-order chi connectivity index (χ0) is 17.1. The van der Waals surface area contributed by atoms with Crippen molar-refractivity contribution in [2.75, 3.05) is 11.3 Å². The third kappa shape index (κ3) is 5.39. The predicted molar refractivity (Wildman–Crippen MR) is 80.7 cm³/mol. The van der Waals surface area contributed by atoms with Gasteiger partial charge in [-0.1, -0.05) is 22.0 Å². The maximum atomic E-state index is 12.2. The molecule has 1 aromatic carbocycles. The molecule has 1 N–H and O–H groups in total. The van der Waals surface area contributed by atoms with Gasteiger partial charge in [0.25, 0.3) is 10.0 Å². The Hall–Kier alpha value is -1.81. The third-order valence-electron chi connectivity index (χ3n) is 2.48. The van der Waals surface area contributed by atoms with Crippen LogP contribution in [0.25, 0.3) is 0 Å². The third-order valence-corrected chi connectivity index (χ3v) is 4.35. The van der Waals surface area contributed by atoms with Crippen LogP contribution >= 0.6 is 15.9 Å². The van der Waals surface area contributed by atoms with Crippen molar-refractivity contribution in [2.24, 2.45) is 0 Å². The van der Waals surface area contributed by atoms with Gasteiger partial charge >= 0.3 is 6.18 Å². The summed E-state index contributed by atoms with van der Waals surface area (Å²) in [4.78, 5) is 3.65. The van der Waals surface area contributed by atoms with Crippen molar-refractivity contribution >= 4 is 31.6 Å². The minimum Gasteiger partial charge on any atom is -0.468 e. The standard InChI is InChI=1S/C13H10BrF3N2O3S/c14-9-2-1-3-11(6-9)23(20,21)19-10-4-5-12(18-7-10)22-8-13(15,16)17/h1-7,19H,8H2. The van der Waals surface area contributed by atoms with Crippen molar-refractivity contribution in [2.45, 2.75) is 11.1 Å². The van der Waals surface area contributed by atoms with E-state index in [2.05, 4.69) is 30.4 Å². The molecule has 0 atom stereocenters. The van der Waals surface area contributed by atoms with Crippen molar-refractivity contribution in [3.05, 3.63) is 47.1 Å². The number of sulfonamides is 1. The molecule has 1 aromatic heterocycles. The summed E-state index contributed by atoms with van der Waals surface area (Å²) in [5.74, 6) is -0.257. The lowest BCUT2D eigenvalue weighted by Crippen LogP contribution is -2.19. The number of pyridine rings is 1. The lowest BCUT2D eigenvalue weighted by molar-refractivity contribution is -0.154. The molecule has 124 valence electrons. The van der Waals surface area contributed by atoms with E-state index < -0.39 is 22.8 Å². The number of ether oxygens (including phenoxy) is 1. The number of halogens is 4. The van der Waals surface area contributed by atoms with Gasteiger partial charge < -0.3 is 4.74 Å². The highest BCUT2D eigenvalue weighted by molar-refractivity contribution is 9.10. The lowest BCUT2D eigenvalue weighted by atomic mass is 10.4. The summed E-state index contributed by atoms with van der Waals surface area (Å²) < 4.78 is 67.7. The van der Waals surface area contributed by atoms with E-state index in [-0.39, 0.29) is 16.5 Å². The molecule has 1 heterocycles. The highest BCUT2D eigenvalue weighted by Gasteiger charge is 2.28. The van der Waals surface area contributed by atoms with Crippen molar-refractivity contribution < 1.29 is 26.3 Å². The van der Waals surface area contributed by atoms with E-state index in [1.807, 2.05) is 0 Å². The van der Waals surface area contributed by atoms with Gasteiger partial charge in [-0.25, -0.2) is 13.4 Å². The Morgan fingerprint density at radius 1 is 1.22 bits per heavy atom. The first-order chi connectivity index (χ1) is 10.7. The van der Waals surface area contributed by atoms with Gasteiger partial charge in [-0.15, -0.1) is 0 Å². The van der Waals surface area contributed by atoms with Crippen LogP contribution in [0.2, 0.25) is 0 Å². The largest absolute Gasteiger partial charge is 0.468 e. The molecular formula is C13H10BrF3N2O3S. The number of benzene rings is 1. The van der Waals surface area contributed by atoms with Gasteiger partial charge in [-0.3, -0.25) is 4.72 Å². The topological polar surface area (TPSA) is 68.3 Å². The smallest absolute Gasteiger partial charge is 0.422 e. The summed E-state index contributed by atoms with van der Waals surface area (Å²) in [5.41, 5.74) is 0.101. The molecule has 0 saturated heterocycles. The van der Waals surface area contributed by atoms with Gasteiger partial charge in [0.15, 0.2) is 6.61 Å². The van der Waals surface area contributed by atoms with E-state index in [0.29, 0.717) is 4.47 Å². The minimum absolute atomic E-state index is 0.0317. The highest BCUT2D eigenvalue weighted by atomic mass is 79.9. The van der Waals surface area contributed by atoms with E-state index in [0.717, 1.165) is 12.3 Å². The fourth-order valence-corrected chi connectivity index (χ4v) is 3.17. The second-order valence-electron chi connectivity index (χ2n) is 4.35. The van der Waals surface area contributed by atoms with Crippen molar-refractivity contribution in [3.63, 3.8) is 0 Å². The number of alkyl halides is 3. The monoisotopic (exact) mass is 410 g/mol. The molecule has 0 unspecified atom stereocenters. The first-order valence-corrected chi connectivity index (χ1v) is 8.37. The van der Waals surface area contributed by atoms with Crippen molar-refractivity contribution in [1.29, 1.82) is 0 Å². The molecule has 0 aliphatic carbocycles. The number of hydrogen-bond acceptors (Lipinski definition) is 4. The average molecular weight is 411 g/mol. The molecule has 0 amide bonds.